The maximum atomic E-state index is 12.2. The molecule has 1 aliphatic heterocycles. The number of hydrogen-bond donors (Lipinski definition) is 1. The van der Waals surface area contributed by atoms with Crippen LogP contribution in [0.15, 0.2) is 30.2 Å². The van der Waals surface area contributed by atoms with E-state index in [2.05, 4.69) is 40.2 Å². The molecule has 5 rings (SSSR count). The fraction of sp³-hybridized carbons (Fsp3) is 0.444. The quantitative estimate of drug-likeness (QED) is 0.707. The van der Waals surface area contributed by atoms with Crippen molar-refractivity contribution in [3.8, 4) is 0 Å². The van der Waals surface area contributed by atoms with E-state index in [1.54, 1.807) is 17.8 Å². The summed E-state index contributed by atoms with van der Waals surface area (Å²) in [4.78, 5) is 19.0. The van der Waals surface area contributed by atoms with Gasteiger partial charge in [-0.2, -0.15) is 0 Å². The van der Waals surface area contributed by atoms with Crippen LogP contribution in [0.2, 0.25) is 0 Å². The SMILES string of the molecule is O=C(Nc1nncs1)c1ccc(N2CCC(c3nncn3C3CC3)CC2)nc1. The van der Waals surface area contributed by atoms with Gasteiger partial charge in [0.25, 0.3) is 5.91 Å². The van der Waals surface area contributed by atoms with Crippen molar-refractivity contribution in [2.24, 2.45) is 0 Å². The van der Waals surface area contributed by atoms with Crippen molar-refractivity contribution in [2.45, 2.75) is 37.6 Å². The minimum atomic E-state index is -0.228. The standard InChI is InChI=1S/C18H20N8OS/c27-17(22-18-24-21-11-28-18)13-1-4-15(19-9-13)25-7-5-12(6-8-25)16-23-20-10-26(16)14-2-3-14/h1,4,9-12,14H,2-3,5-8H2,(H,22,24,27). The van der Waals surface area contributed by atoms with E-state index in [-0.39, 0.29) is 5.91 Å². The summed E-state index contributed by atoms with van der Waals surface area (Å²) in [5.41, 5.74) is 2.08. The number of hydrogen-bond acceptors (Lipinski definition) is 8. The first-order valence-electron chi connectivity index (χ1n) is 9.46. The molecule has 0 spiro atoms. The summed E-state index contributed by atoms with van der Waals surface area (Å²) in [6, 6.07) is 4.32. The summed E-state index contributed by atoms with van der Waals surface area (Å²) in [6.45, 7) is 1.84. The Balaban J connectivity index is 1.20. The van der Waals surface area contributed by atoms with Crippen LogP contribution >= 0.6 is 11.3 Å². The summed E-state index contributed by atoms with van der Waals surface area (Å²) in [5.74, 6) is 2.26. The van der Waals surface area contributed by atoms with Crippen LogP contribution in [0.25, 0.3) is 0 Å². The Hall–Kier alpha value is -2.88. The Labute approximate surface area is 165 Å². The highest BCUT2D eigenvalue weighted by molar-refractivity contribution is 7.13. The van der Waals surface area contributed by atoms with Gasteiger partial charge in [0.2, 0.25) is 5.13 Å². The van der Waals surface area contributed by atoms with Gasteiger partial charge in [-0.3, -0.25) is 10.1 Å². The Morgan fingerprint density at radius 1 is 1.11 bits per heavy atom. The molecule has 2 fully saturated rings. The van der Waals surface area contributed by atoms with E-state index in [1.165, 1.54) is 24.2 Å². The Morgan fingerprint density at radius 3 is 2.64 bits per heavy atom. The number of nitrogens with zero attached hydrogens (tertiary/aromatic N) is 7. The summed E-state index contributed by atoms with van der Waals surface area (Å²) in [6.07, 6.45) is 8.05. The molecule has 0 unspecified atom stereocenters. The number of pyridine rings is 1. The molecule has 4 heterocycles. The van der Waals surface area contributed by atoms with Gasteiger partial charge in [0.05, 0.1) is 5.56 Å². The molecule has 1 amide bonds. The third-order valence-electron chi connectivity index (χ3n) is 5.32. The average molecular weight is 396 g/mol. The van der Waals surface area contributed by atoms with Crippen LogP contribution in [0.4, 0.5) is 10.9 Å². The number of aromatic nitrogens is 6. The fourth-order valence-corrected chi connectivity index (χ4v) is 4.09. The molecule has 1 saturated heterocycles. The monoisotopic (exact) mass is 396 g/mol. The second-order valence-electron chi connectivity index (χ2n) is 7.19. The van der Waals surface area contributed by atoms with Crippen LogP contribution in [-0.2, 0) is 0 Å². The van der Waals surface area contributed by atoms with E-state index in [4.69, 9.17) is 0 Å². The zero-order chi connectivity index (χ0) is 18.9. The lowest BCUT2D eigenvalue weighted by atomic mass is 9.96. The maximum absolute atomic E-state index is 12.2. The zero-order valence-electron chi connectivity index (χ0n) is 15.2. The van der Waals surface area contributed by atoms with E-state index in [9.17, 15) is 4.79 Å². The lowest BCUT2D eigenvalue weighted by molar-refractivity contribution is 0.102. The summed E-state index contributed by atoms with van der Waals surface area (Å²) in [5, 5.41) is 19.2. The van der Waals surface area contributed by atoms with Crippen molar-refractivity contribution < 1.29 is 4.79 Å². The highest BCUT2D eigenvalue weighted by Gasteiger charge is 2.31. The van der Waals surface area contributed by atoms with E-state index in [0.717, 1.165) is 37.6 Å². The second kappa shape index (κ2) is 7.27. The smallest absolute Gasteiger partial charge is 0.259 e. The van der Waals surface area contributed by atoms with E-state index in [0.29, 0.717) is 22.7 Å². The van der Waals surface area contributed by atoms with Crippen molar-refractivity contribution in [1.29, 1.82) is 0 Å². The van der Waals surface area contributed by atoms with Crippen molar-refractivity contribution in [3.05, 3.63) is 41.6 Å². The lowest BCUT2D eigenvalue weighted by Crippen LogP contribution is -2.34. The summed E-state index contributed by atoms with van der Waals surface area (Å²) in [7, 11) is 0. The van der Waals surface area contributed by atoms with Crippen molar-refractivity contribution in [1.82, 2.24) is 29.9 Å². The third kappa shape index (κ3) is 3.47. The number of piperidine rings is 1. The number of nitrogens with one attached hydrogen (secondary N) is 1. The summed E-state index contributed by atoms with van der Waals surface area (Å²) >= 11 is 1.28. The Kier molecular flexibility index (Phi) is 4.47. The van der Waals surface area contributed by atoms with Crippen LogP contribution in [0, 0.1) is 0 Å². The average Bonchev–Trinajstić information content (AvgIpc) is 3.24. The van der Waals surface area contributed by atoms with Gasteiger partial charge in [-0.05, 0) is 37.8 Å². The van der Waals surface area contributed by atoms with Crippen LogP contribution in [0.1, 0.15) is 53.8 Å². The first-order valence-corrected chi connectivity index (χ1v) is 10.3. The lowest BCUT2D eigenvalue weighted by Gasteiger charge is -2.32. The molecule has 9 nitrogen and oxygen atoms in total. The molecule has 3 aromatic rings. The van der Waals surface area contributed by atoms with Gasteiger partial charge in [0.15, 0.2) is 0 Å². The van der Waals surface area contributed by atoms with Crippen molar-refractivity contribution >= 4 is 28.2 Å². The molecule has 0 bridgehead atoms. The topological polar surface area (TPSA) is 102 Å². The van der Waals surface area contributed by atoms with E-state index < -0.39 is 0 Å². The molecule has 144 valence electrons. The molecule has 0 aromatic carbocycles. The molecule has 28 heavy (non-hydrogen) atoms. The van der Waals surface area contributed by atoms with Crippen LogP contribution in [0.3, 0.4) is 0 Å². The van der Waals surface area contributed by atoms with E-state index >= 15 is 0 Å². The number of carbonyl (C=O) groups excluding carboxylic acids is 1. The normalized spacial score (nSPS) is 17.6. The molecule has 1 aliphatic carbocycles. The van der Waals surface area contributed by atoms with Crippen molar-refractivity contribution in [2.75, 3.05) is 23.3 Å². The van der Waals surface area contributed by atoms with Crippen LogP contribution in [0.5, 0.6) is 0 Å². The Morgan fingerprint density at radius 2 is 1.96 bits per heavy atom. The summed E-state index contributed by atoms with van der Waals surface area (Å²) < 4.78 is 2.27. The highest BCUT2D eigenvalue weighted by atomic mass is 32.1. The van der Waals surface area contributed by atoms with E-state index in [1.807, 2.05) is 12.4 Å². The van der Waals surface area contributed by atoms with Crippen molar-refractivity contribution in [3.63, 3.8) is 0 Å². The van der Waals surface area contributed by atoms with Gasteiger partial charge in [0, 0.05) is 31.2 Å². The second-order valence-corrected chi connectivity index (χ2v) is 8.03. The first kappa shape index (κ1) is 17.2. The molecule has 3 aromatic heterocycles. The Bertz CT molecular complexity index is 942. The highest BCUT2D eigenvalue weighted by Crippen LogP contribution is 2.38. The molecule has 2 aliphatic rings. The first-order chi connectivity index (χ1) is 13.8. The van der Waals surface area contributed by atoms with Gasteiger partial charge in [-0.15, -0.1) is 20.4 Å². The van der Waals surface area contributed by atoms with Crippen LogP contribution < -0.4 is 10.2 Å². The molecular weight excluding hydrogens is 376 g/mol. The molecule has 1 N–H and O–H groups in total. The number of anilines is 2. The van der Waals surface area contributed by atoms with Gasteiger partial charge in [-0.1, -0.05) is 11.3 Å². The van der Waals surface area contributed by atoms with Gasteiger partial charge in [-0.25, -0.2) is 4.98 Å². The largest absolute Gasteiger partial charge is 0.357 e. The number of amides is 1. The number of rotatable bonds is 5. The third-order valence-corrected chi connectivity index (χ3v) is 5.92. The van der Waals surface area contributed by atoms with Gasteiger partial charge in [0.1, 0.15) is 23.5 Å². The maximum Gasteiger partial charge on any atom is 0.259 e. The molecule has 1 saturated carbocycles. The molecule has 0 atom stereocenters. The van der Waals surface area contributed by atoms with Gasteiger partial charge >= 0.3 is 0 Å². The van der Waals surface area contributed by atoms with Gasteiger partial charge < -0.3 is 9.47 Å². The molecular formula is C18H20N8OS. The van der Waals surface area contributed by atoms with Crippen LogP contribution in [-0.4, -0.2) is 48.9 Å². The minimum Gasteiger partial charge on any atom is -0.357 e. The molecule has 0 radical (unpaired) electrons. The minimum absolute atomic E-state index is 0.228. The predicted octanol–water partition coefficient (Wildman–Crippen LogP) is 2.50. The predicted molar refractivity (Wildman–Crippen MR) is 105 cm³/mol. The number of carbonyl (C=O) groups is 1. The fourth-order valence-electron chi connectivity index (χ4n) is 3.65. The zero-order valence-corrected chi connectivity index (χ0v) is 16.0. The molecule has 10 heteroatoms.